The number of imidazole rings is 1. The van der Waals surface area contributed by atoms with Crippen molar-refractivity contribution in [3.63, 3.8) is 0 Å². The minimum Gasteiger partial charge on any atom is -0.382 e. The highest BCUT2D eigenvalue weighted by Gasteiger charge is 2.19. The van der Waals surface area contributed by atoms with Gasteiger partial charge in [-0.05, 0) is 0 Å². The molecule has 0 spiro atoms. The Kier molecular flexibility index (Phi) is 5.21. The van der Waals surface area contributed by atoms with Gasteiger partial charge >= 0.3 is 7.60 Å². The Balaban J connectivity index is 1.86. The van der Waals surface area contributed by atoms with Crippen molar-refractivity contribution in [3.05, 3.63) is 12.7 Å². The molecular formula is C10H17N6O4P. The molecular weight excluding hydrogens is 299 g/mol. The minimum atomic E-state index is -3.74. The largest absolute Gasteiger partial charge is 0.382 e. The monoisotopic (exact) mass is 316 g/mol. The average Bonchev–Trinajstić information content (AvgIpc) is 2.86. The number of nitrogens with zero attached hydrogens (tertiary/aromatic N) is 4. The second-order valence-corrected chi connectivity index (χ2v) is 5.96. The van der Waals surface area contributed by atoms with Crippen LogP contribution in [0.1, 0.15) is 0 Å². The highest BCUT2D eigenvalue weighted by molar-refractivity contribution is 7.52. The van der Waals surface area contributed by atoms with Crippen molar-refractivity contribution in [3.8, 4) is 0 Å². The van der Waals surface area contributed by atoms with Crippen molar-refractivity contribution >= 4 is 24.6 Å². The van der Waals surface area contributed by atoms with E-state index >= 15 is 0 Å². The van der Waals surface area contributed by atoms with Gasteiger partial charge in [0, 0.05) is 13.1 Å². The first-order valence-electron chi connectivity index (χ1n) is 6.19. The van der Waals surface area contributed by atoms with Crippen LogP contribution in [0.4, 0.5) is 5.82 Å². The lowest BCUT2D eigenvalue weighted by atomic mass is 10.5. The van der Waals surface area contributed by atoms with Gasteiger partial charge in [-0.3, -0.25) is 4.57 Å². The first-order valence-corrected chi connectivity index (χ1v) is 7.95. The van der Waals surface area contributed by atoms with Crippen LogP contribution in [0.5, 0.6) is 0 Å². The fourth-order valence-corrected chi connectivity index (χ4v) is 2.46. The molecule has 2 heterocycles. The Morgan fingerprint density at radius 2 is 2.14 bits per heavy atom. The summed E-state index contributed by atoms with van der Waals surface area (Å²) in [7, 11) is -3.74. The molecule has 10 nitrogen and oxygen atoms in total. The Morgan fingerprint density at radius 3 is 2.90 bits per heavy atom. The number of ether oxygens (including phenoxy) is 1. The van der Waals surface area contributed by atoms with E-state index in [4.69, 9.17) is 20.7 Å². The van der Waals surface area contributed by atoms with Crippen LogP contribution >= 0.6 is 7.60 Å². The van der Waals surface area contributed by atoms with E-state index in [-0.39, 0.29) is 19.8 Å². The molecule has 5 N–H and O–H groups in total. The molecule has 2 aromatic rings. The lowest BCUT2D eigenvalue weighted by Gasteiger charge is -2.12. The summed E-state index contributed by atoms with van der Waals surface area (Å²) in [4.78, 5) is 21.4. The van der Waals surface area contributed by atoms with Crippen LogP contribution in [0.25, 0.3) is 11.2 Å². The molecule has 0 saturated carbocycles. The van der Waals surface area contributed by atoms with E-state index in [0.29, 0.717) is 23.5 Å². The van der Waals surface area contributed by atoms with Gasteiger partial charge in [-0.2, -0.15) is 0 Å². The smallest absolute Gasteiger partial charge is 0.353 e. The second kappa shape index (κ2) is 6.92. The summed E-state index contributed by atoms with van der Waals surface area (Å²) in [5.74, 6) is 0.301. The molecule has 2 aromatic heterocycles. The number of anilines is 1. The average molecular weight is 316 g/mol. The van der Waals surface area contributed by atoms with Gasteiger partial charge in [0.1, 0.15) is 18.2 Å². The zero-order valence-corrected chi connectivity index (χ0v) is 12.1. The SMILES string of the molecule is NCCOP(=O)(O)COCCn1cnc2c(N)ncnc21. The maximum atomic E-state index is 11.5. The van der Waals surface area contributed by atoms with E-state index in [0.717, 1.165) is 0 Å². The summed E-state index contributed by atoms with van der Waals surface area (Å²) in [6, 6.07) is 0. The molecule has 21 heavy (non-hydrogen) atoms. The summed E-state index contributed by atoms with van der Waals surface area (Å²) < 4.78 is 23.1. The zero-order valence-electron chi connectivity index (χ0n) is 11.3. The fourth-order valence-electron chi connectivity index (χ4n) is 1.64. The molecule has 11 heteroatoms. The number of nitrogen functional groups attached to an aromatic ring is 1. The highest BCUT2D eigenvalue weighted by Crippen LogP contribution is 2.41. The van der Waals surface area contributed by atoms with Crippen LogP contribution in [0.3, 0.4) is 0 Å². The third-order valence-electron chi connectivity index (χ3n) is 2.57. The summed E-state index contributed by atoms with van der Waals surface area (Å²) >= 11 is 0. The molecule has 0 aliphatic carbocycles. The molecule has 0 saturated heterocycles. The van der Waals surface area contributed by atoms with Gasteiger partial charge in [0.2, 0.25) is 0 Å². The van der Waals surface area contributed by atoms with Crippen LogP contribution in [0.2, 0.25) is 0 Å². The number of hydrogen-bond donors (Lipinski definition) is 3. The van der Waals surface area contributed by atoms with E-state index in [9.17, 15) is 9.46 Å². The Labute approximate surface area is 120 Å². The number of aromatic nitrogens is 4. The topological polar surface area (TPSA) is 151 Å². The molecule has 0 amide bonds. The minimum absolute atomic E-state index is 0.0134. The molecule has 0 aliphatic heterocycles. The van der Waals surface area contributed by atoms with Crippen molar-refractivity contribution in [1.29, 1.82) is 0 Å². The van der Waals surface area contributed by atoms with Crippen molar-refractivity contribution in [2.45, 2.75) is 6.54 Å². The molecule has 0 aliphatic rings. The van der Waals surface area contributed by atoms with Gasteiger partial charge in [-0.15, -0.1) is 0 Å². The number of hydrogen-bond acceptors (Lipinski definition) is 8. The van der Waals surface area contributed by atoms with Gasteiger partial charge in [0.05, 0.1) is 19.5 Å². The first-order chi connectivity index (χ1) is 10.0. The van der Waals surface area contributed by atoms with Crippen molar-refractivity contribution in [2.75, 3.05) is 31.8 Å². The van der Waals surface area contributed by atoms with E-state index in [2.05, 4.69) is 15.0 Å². The van der Waals surface area contributed by atoms with Crippen molar-refractivity contribution in [1.82, 2.24) is 19.5 Å². The van der Waals surface area contributed by atoms with E-state index in [1.807, 2.05) is 0 Å². The molecule has 0 bridgehead atoms. The Morgan fingerprint density at radius 1 is 1.33 bits per heavy atom. The zero-order chi connectivity index (χ0) is 15.3. The second-order valence-electron chi connectivity index (χ2n) is 4.17. The third kappa shape index (κ3) is 4.19. The van der Waals surface area contributed by atoms with Crippen LogP contribution in [-0.4, -0.2) is 50.5 Å². The van der Waals surface area contributed by atoms with Gasteiger partial charge in [-0.1, -0.05) is 0 Å². The normalized spacial score (nSPS) is 14.4. The van der Waals surface area contributed by atoms with Crippen LogP contribution in [-0.2, 0) is 20.4 Å². The Hall–Kier alpha value is -1.58. The number of rotatable bonds is 8. The van der Waals surface area contributed by atoms with Crippen LogP contribution in [0.15, 0.2) is 12.7 Å². The molecule has 0 fully saturated rings. The first kappa shape index (κ1) is 15.8. The Bertz CT molecular complexity index is 648. The third-order valence-corrected chi connectivity index (χ3v) is 3.67. The van der Waals surface area contributed by atoms with Gasteiger partial charge in [-0.25, -0.2) is 15.0 Å². The van der Waals surface area contributed by atoms with Crippen LogP contribution in [0, 0.1) is 0 Å². The predicted molar refractivity (Wildman–Crippen MR) is 75.4 cm³/mol. The molecule has 1 atom stereocenters. The standard InChI is InChI=1S/C10H17N6O4P/c11-1-3-20-21(17,18)7-19-4-2-16-6-15-8-9(12)13-5-14-10(8)16/h5-6H,1-4,7,11H2,(H,17,18)(H2,12,13,14). The molecule has 0 radical (unpaired) electrons. The molecule has 116 valence electrons. The summed E-state index contributed by atoms with van der Waals surface area (Å²) in [5.41, 5.74) is 12.0. The summed E-state index contributed by atoms with van der Waals surface area (Å²) in [6.45, 7) is 0.794. The van der Waals surface area contributed by atoms with E-state index in [1.54, 1.807) is 10.9 Å². The van der Waals surface area contributed by atoms with Crippen molar-refractivity contribution < 1.29 is 18.7 Å². The van der Waals surface area contributed by atoms with E-state index in [1.165, 1.54) is 6.33 Å². The summed E-state index contributed by atoms with van der Waals surface area (Å²) in [6.07, 6.45) is 2.51. The maximum Gasteiger partial charge on any atom is 0.353 e. The maximum absolute atomic E-state index is 11.5. The molecule has 0 aromatic carbocycles. The number of fused-ring (bicyclic) bond motifs is 1. The van der Waals surface area contributed by atoms with Crippen LogP contribution < -0.4 is 11.5 Å². The van der Waals surface area contributed by atoms with Gasteiger partial charge in [0.25, 0.3) is 0 Å². The van der Waals surface area contributed by atoms with Gasteiger partial charge in [0.15, 0.2) is 11.5 Å². The molecule has 2 rings (SSSR count). The van der Waals surface area contributed by atoms with E-state index < -0.39 is 13.9 Å². The quantitative estimate of drug-likeness (QED) is 0.434. The fraction of sp³-hybridized carbons (Fsp3) is 0.500. The lowest BCUT2D eigenvalue weighted by Crippen LogP contribution is -2.11. The predicted octanol–water partition coefficient (Wildman–Crippen LogP) is -0.457. The van der Waals surface area contributed by atoms with Crippen molar-refractivity contribution in [2.24, 2.45) is 5.73 Å². The lowest BCUT2D eigenvalue weighted by molar-refractivity contribution is 0.139. The highest BCUT2D eigenvalue weighted by atomic mass is 31.2. The van der Waals surface area contributed by atoms with Gasteiger partial charge < -0.3 is 30.2 Å². The number of nitrogens with two attached hydrogens (primary N) is 2. The molecule has 1 unspecified atom stereocenters. The summed E-state index contributed by atoms with van der Waals surface area (Å²) in [5, 5.41) is 0.